The molecule has 0 aliphatic rings. The normalized spacial score (nSPS) is 11.8. The topological polar surface area (TPSA) is 51.5 Å². The third kappa shape index (κ3) is 2.43. The van der Waals surface area contributed by atoms with E-state index in [1.54, 1.807) is 39.0 Å². The van der Waals surface area contributed by atoms with Crippen molar-refractivity contribution in [3.05, 3.63) is 29.3 Å². The summed E-state index contributed by atoms with van der Waals surface area (Å²) in [5.41, 5.74) is -0.104. The molecule has 5 heteroatoms. The number of carbonyl (C=O) groups is 1. The first-order chi connectivity index (χ1) is 8.28. The van der Waals surface area contributed by atoms with Crippen LogP contribution in [0.3, 0.4) is 0 Å². The number of nitrogens with zero attached hydrogens (tertiary/aromatic N) is 1. The van der Waals surface area contributed by atoms with Gasteiger partial charge >= 0.3 is 6.09 Å². The maximum absolute atomic E-state index is 12.0. The summed E-state index contributed by atoms with van der Waals surface area (Å²) in [6.45, 7) is 5.29. The molecule has 0 amide bonds. The van der Waals surface area contributed by atoms with Gasteiger partial charge in [-0.15, -0.1) is 0 Å². The zero-order valence-electron chi connectivity index (χ0n) is 10.4. The summed E-state index contributed by atoms with van der Waals surface area (Å²) in [6, 6.07) is 6.54. The molecule has 4 nitrogen and oxygen atoms in total. The summed E-state index contributed by atoms with van der Waals surface area (Å²) in [5, 5.41) is 11.0. The van der Waals surface area contributed by atoms with Crippen LogP contribution in [0.5, 0.6) is 5.88 Å². The Morgan fingerprint density at radius 3 is 2.61 bits per heavy atom. The first-order valence-electron chi connectivity index (χ1n) is 5.51. The van der Waals surface area contributed by atoms with Gasteiger partial charge in [-0.3, -0.25) is 0 Å². The minimum absolute atomic E-state index is 0.165. The highest BCUT2D eigenvalue weighted by molar-refractivity contribution is 6.31. The van der Waals surface area contributed by atoms with Crippen LogP contribution in [0.1, 0.15) is 20.8 Å². The Morgan fingerprint density at radius 1 is 1.33 bits per heavy atom. The highest BCUT2D eigenvalue weighted by Gasteiger charge is 2.21. The number of carbonyl (C=O) groups excluding carboxylic acids is 1. The number of hydrogen-bond acceptors (Lipinski definition) is 3. The van der Waals surface area contributed by atoms with Crippen molar-refractivity contribution in [2.75, 3.05) is 0 Å². The van der Waals surface area contributed by atoms with Gasteiger partial charge in [-0.2, -0.15) is 0 Å². The summed E-state index contributed by atoms with van der Waals surface area (Å²) in [4.78, 5) is 12.0. The van der Waals surface area contributed by atoms with Gasteiger partial charge in [0.2, 0.25) is 5.88 Å². The number of hydrogen-bond donors (Lipinski definition) is 1. The molecule has 18 heavy (non-hydrogen) atoms. The number of rotatable bonds is 0. The van der Waals surface area contributed by atoms with Crippen molar-refractivity contribution < 1.29 is 14.6 Å². The lowest BCUT2D eigenvalue weighted by Crippen LogP contribution is -2.26. The van der Waals surface area contributed by atoms with Crippen LogP contribution in [0.2, 0.25) is 5.02 Å². The van der Waals surface area contributed by atoms with E-state index in [4.69, 9.17) is 16.3 Å². The first kappa shape index (κ1) is 12.8. The predicted molar refractivity (Wildman–Crippen MR) is 70.2 cm³/mol. The number of fused-ring (bicyclic) bond motifs is 1. The van der Waals surface area contributed by atoms with Crippen molar-refractivity contribution in [1.29, 1.82) is 0 Å². The Bertz CT molecular complexity index is 610. The second-order valence-electron chi connectivity index (χ2n) is 5.02. The summed E-state index contributed by atoms with van der Waals surface area (Å²) < 4.78 is 6.34. The van der Waals surface area contributed by atoms with Crippen molar-refractivity contribution in [2.24, 2.45) is 0 Å². The van der Waals surface area contributed by atoms with Gasteiger partial charge in [0, 0.05) is 16.5 Å². The van der Waals surface area contributed by atoms with E-state index in [-0.39, 0.29) is 5.88 Å². The molecule has 0 unspecified atom stereocenters. The van der Waals surface area contributed by atoms with E-state index in [0.29, 0.717) is 10.5 Å². The van der Waals surface area contributed by atoms with Crippen molar-refractivity contribution in [3.63, 3.8) is 0 Å². The molecule has 0 spiro atoms. The minimum Gasteiger partial charge on any atom is -0.494 e. The molecule has 96 valence electrons. The SMILES string of the molecule is CC(C)(C)OC(=O)n1c(O)cc2ccc(Cl)cc21. The van der Waals surface area contributed by atoms with Crippen LogP contribution in [0.4, 0.5) is 4.79 Å². The van der Waals surface area contributed by atoms with Crippen LogP contribution in [0, 0.1) is 0 Å². The van der Waals surface area contributed by atoms with E-state index < -0.39 is 11.7 Å². The van der Waals surface area contributed by atoms with Gasteiger partial charge in [0.15, 0.2) is 0 Å². The molecule has 0 saturated heterocycles. The summed E-state index contributed by atoms with van der Waals surface area (Å²) in [7, 11) is 0. The van der Waals surface area contributed by atoms with Gasteiger partial charge in [-0.05, 0) is 32.9 Å². The highest BCUT2D eigenvalue weighted by atomic mass is 35.5. The Kier molecular flexibility index (Phi) is 2.99. The fraction of sp³-hybridized carbons (Fsp3) is 0.308. The molecule has 1 aromatic carbocycles. The monoisotopic (exact) mass is 267 g/mol. The number of ether oxygens (including phenoxy) is 1. The van der Waals surface area contributed by atoms with E-state index in [1.807, 2.05) is 0 Å². The van der Waals surface area contributed by atoms with Gasteiger partial charge in [0.05, 0.1) is 5.52 Å². The predicted octanol–water partition coefficient (Wildman–Crippen LogP) is 3.78. The first-order valence-corrected chi connectivity index (χ1v) is 5.89. The van der Waals surface area contributed by atoms with Crippen LogP contribution >= 0.6 is 11.6 Å². The molecule has 2 aromatic rings. The number of halogens is 1. The van der Waals surface area contributed by atoms with E-state index in [1.165, 1.54) is 6.07 Å². The fourth-order valence-electron chi connectivity index (χ4n) is 1.66. The summed E-state index contributed by atoms with van der Waals surface area (Å²) >= 11 is 5.89. The second-order valence-corrected chi connectivity index (χ2v) is 5.46. The van der Waals surface area contributed by atoms with Gasteiger partial charge in [-0.1, -0.05) is 17.7 Å². The van der Waals surface area contributed by atoms with Crippen molar-refractivity contribution >= 4 is 28.6 Å². The molecule has 1 heterocycles. The maximum Gasteiger partial charge on any atom is 0.421 e. The zero-order chi connectivity index (χ0) is 13.5. The van der Waals surface area contributed by atoms with E-state index in [9.17, 15) is 9.90 Å². The average Bonchev–Trinajstić information content (AvgIpc) is 2.50. The molecular weight excluding hydrogens is 254 g/mol. The van der Waals surface area contributed by atoms with E-state index in [2.05, 4.69) is 0 Å². The highest BCUT2D eigenvalue weighted by Crippen LogP contribution is 2.28. The largest absolute Gasteiger partial charge is 0.494 e. The van der Waals surface area contributed by atoms with Crippen LogP contribution in [-0.4, -0.2) is 21.4 Å². The lowest BCUT2D eigenvalue weighted by atomic mass is 10.2. The molecule has 0 atom stereocenters. The molecule has 0 aliphatic heterocycles. The van der Waals surface area contributed by atoms with Crippen molar-refractivity contribution in [2.45, 2.75) is 26.4 Å². The second kappa shape index (κ2) is 4.21. The lowest BCUT2D eigenvalue weighted by molar-refractivity contribution is 0.0533. The molecule has 0 aliphatic carbocycles. The molecule has 0 saturated carbocycles. The van der Waals surface area contributed by atoms with Gasteiger partial charge in [-0.25, -0.2) is 9.36 Å². The standard InChI is InChI=1S/C13H14ClNO3/c1-13(2,3)18-12(17)15-10-7-9(14)5-4-8(10)6-11(15)16/h4-7,16H,1-3H3. The third-order valence-corrected chi connectivity index (χ3v) is 2.56. The number of benzene rings is 1. The zero-order valence-corrected chi connectivity index (χ0v) is 11.2. The number of aromatic nitrogens is 1. The molecule has 0 bridgehead atoms. The quantitative estimate of drug-likeness (QED) is 0.790. The van der Waals surface area contributed by atoms with Crippen LogP contribution < -0.4 is 0 Å². The smallest absolute Gasteiger partial charge is 0.421 e. The number of aromatic hydroxyl groups is 1. The summed E-state index contributed by atoms with van der Waals surface area (Å²) in [5.74, 6) is -0.165. The van der Waals surface area contributed by atoms with E-state index >= 15 is 0 Å². The lowest BCUT2D eigenvalue weighted by Gasteiger charge is -2.20. The van der Waals surface area contributed by atoms with Crippen LogP contribution in [0.15, 0.2) is 24.3 Å². The van der Waals surface area contributed by atoms with Gasteiger partial charge in [0.1, 0.15) is 5.60 Å². The third-order valence-electron chi connectivity index (χ3n) is 2.32. The van der Waals surface area contributed by atoms with Crippen molar-refractivity contribution in [1.82, 2.24) is 4.57 Å². The Labute approximate surface area is 110 Å². The average molecular weight is 268 g/mol. The molecule has 1 N–H and O–H groups in total. The van der Waals surface area contributed by atoms with Crippen LogP contribution in [0.25, 0.3) is 10.9 Å². The Hall–Kier alpha value is -1.68. The molecule has 2 rings (SSSR count). The van der Waals surface area contributed by atoms with Crippen LogP contribution in [-0.2, 0) is 4.74 Å². The van der Waals surface area contributed by atoms with Crippen molar-refractivity contribution in [3.8, 4) is 5.88 Å². The minimum atomic E-state index is -0.628. The molecule has 0 fully saturated rings. The molecular formula is C13H14ClNO3. The molecule has 1 aromatic heterocycles. The molecule has 0 radical (unpaired) electrons. The van der Waals surface area contributed by atoms with Gasteiger partial charge in [0.25, 0.3) is 0 Å². The maximum atomic E-state index is 12.0. The summed E-state index contributed by atoms with van der Waals surface area (Å²) in [6.07, 6.45) is -0.628. The Balaban J connectivity index is 2.53. The van der Waals surface area contributed by atoms with E-state index in [0.717, 1.165) is 9.95 Å². The fourth-order valence-corrected chi connectivity index (χ4v) is 1.83. The Morgan fingerprint density at radius 2 is 2.00 bits per heavy atom. The van der Waals surface area contributed by atoms with Gasteiger partial charge < -0.3 is 9.84 Å².